The van der Waals surface area contributed by atoms with Gasteiger partial charge >= 0.3 is 0 Å². The Bertz CT molecular complexity index is 475. The van der Waals surface area contributed by atoms with Gasteiger partial charge < -0.3 is 4.42 Å². The Hall–Kier alpha value is -1.61. The predicted octanol–water partition coefficient (Wildman–Crippen LogP) is 3.62. The van der Waals surface area contributed by atoms with Gasteiger partial charge in [0.25, 0.3) is 0 Å². The zero-order valence-corrected chi connectivity index (χ0v) is 11.2. The van der Waals surface area contributed by atoms with Gasteiger partial charge in [-0.2, -0.15) is 0 Å². The first-order valence-electron chi connectivity index (χ1n) is 7.08. The van der Waals surface area contributed by atoms with Gasteiger partial charge in [0.2, 0.25) is 0 Å². The van der Waals surface area contributed by atoms with Gasteiger partial charge in [0, 0.05) is 18.8 Å². The molecule has 0 radical (unpaired) electrons. The van der Waals surface area contributed by atoms with Gasteiger partial charge in [-0.15, -0.1) is 0 Å². The van der Waals surface area contributed by atoms with Crippen molar-refractivity contribution in [1.82, 2.24) is 9.88 Å². The van der Waals surface area contributed by atoms with E-state index in [-0.39, 0.29) is 0 Å². The maximum atomic E-state index is 5.50. The molecule has 1 aliphatic rings. The quantitative estimate of drug-likeness (QED) is 0.818. The summed E-state index contributed by atoms with van der Waals surface area (Å²) in [7, 11) is 0. The molecule has 0 amide bonds. The summed E-state index contributed by atoms with van der Waals surface area (Å²) in [5, 5.41) is 0. The van der Waals surface area contributed by atoms with Crippen LogP contribution >= 0.6 is 0 Å². The van der Waals surface area contributed by atoms with Crippen LogP contribution in [0.3, 0.4) is 0 Å². The summed E-state index contributed by atoms with van der Waals surface area (Å²) in [6.07, 6.45) is 8.92. The molecule has 3 rings (SSSR count). The third-order valence-electron chi connectivity index (χ3n) is 3.87. The van der Waals surface area contributed by atoms with Crippen molar-refractivity contribution in [3.8, 4) is 0 Å². The zero-order valence-electron chi connectivity index (χ0n) is 11.2. The van der Waals surface area contributed by atoms with E-state index < -0.39 is 0 Å². The van der Waals surface area contributed by atoms with E-state index in [0.29, 0.717) is 6.04 Å². The van der Waals surface area contributed by atoms with Crippen molar-refractivity contribution in [2.75, 3.05) is 0 Å². The maximum Gasteiger partial charge on any atom is 0.117 e. The Morgan fingerprint density at radius 1 is 1.11 bits per heavy atom. The first-order valence-corrected chi connectivity index (χ1v) is 7.08. The monoisotopic (exact) mass is 256 g/mol. The highest BCUT2D eigenvalue weighted by Crippen LogP contribution is 2.26. The van der Waals surface area contributed by atoms with E-state index in [0.717, 1.165) is 24.5 Å². The van der Waals surface area contributed by atoms with E-state index in [1.807, 2.05) is 18.3 Å². The molecule has 1 fully saturated rings. The summed E-state index contributed by atoms with van der Waals surface area (Å²) < 4.78 is 5.50. The van der Waals surface area contributed by atoms with Gasteiger partial charge in [-0.1, -0.05) is 18.9 Å². The molecular weight excluding hydrogens is 236 g/mol. The predicted molar refractivity (Wildman–Crippen MR) is 74.4 cm³/mol. The molecule has 0 N–H and O–H groups in total. The molecule has 2 aromatic heterocycles. The smallest absolute Gasteiger partial charge is 0.117 e. The molecule has 1 saturated carbocycles. The van der Waals surface area contributed by atoms with E-state index in [2.05, 4.69) is 28.1 Å². The first kappa shape index (κ1) is 12.4. The van der Waals surface area contributed by atoms with Gasteiger partial charge in [-0.3, -0.25) is 9.88 Å². The van der Waals surface area contributed by atoms with Gasteiger partial charge in [0.15, 0.2) is 0 Å². The standard InChI is InChI=1S/C16H20N2O/c1-2-8-15(7-1)18(13-16-9-5-11-19-16)12-14-6-3-4-10-17-14/h3-6,9-11,15H,1-2,7-8,12-13H2. The largest absolute Gasteiger partial charge is 0.468 e. The third-order valence-corrected chi connectivity index (χ3v) is 3.87. The van der Waals surface area contributed by atoms with E-state index in [9.17, 15) is 0 Å². The number of pyridine rings is 1. The van der Waals surface area contributed by atoms with Crippen LogP contribution in [0, 0.1) is 0 Å². The van der Waals surface area contributed by atoms with Crippen molar-refractivity contribution in [1.29, 1.82) is 0 Å². The summed E-state index contributed by atoms with van der Waals surface area (Å²) in [5.74, 6) is 1.04. The zero-order chi connectivity index (χ0) is 12.9. The Morgan fingerprint density at radius 2 is 2.00 bits per heavy atom. The molecular formula is C16H20N2O. The molecule has 1 aliphatic carbocycles. The lowest BCUT2D eigenvalue weighted by Crippen LogP contribution is -2.32. The minimum Gasteiger partial charge on any atom is -0.468 e. The second-order valence-electron chi connectivity index (χ2n) is 5.24. The summed E-state index contributed by atoms with van der Waals surface area (Å²) >= 11 is 0. The van der Waals surface area contributed by atoms with Crippen LogP contribution in [-0.2, 0) is 13.1 Å². The lowest BCUT2D eigenvalue weighted by Gasteiger charge is -2.27. The van der Waals surface area contributed by atoms with E-state index in [1.165, 1.54) is 25.7 Å². The summed E-state index contributed by atoms with van der Waals surface area (Å²) in [4.78, 5) is 6.96. The van der Waals surface area contributed by atoms with Crippen molar-refractivity contribution < 1.29 is 4.42 Å². The van der Waals surface area contributed by atoms with Gasteiger partial charge in [0.1, 0.15) is 5.76 Å². The van der Waals surface area contributed by atoms with Crippen molar-refractivity contribution >= 4 is 0 Å². The molecule has 2 aromatic rings. The van der Waals surface area contributed by atoms with Crippen molar-refractivity contribution in [2.24, 2.45) is 0 Å². The highest BCUT2D eigenvalue weighted by molar-refractivity contribution is 5.05. The number of hydrogen-bond donors (Lipinski definition) is 0. The van der Waals surface area contributed by atoms with E-state index in [1.54, 1.807) is 6.26 Å². The Labute approximate surface area is 114 Å². The number of furan rings is 1. The van der Waals surface area contributed by atoms with E-state index in [4.69, 9.17) is 4.42 Å². The van der Waals surface area contributed by atoms with Crippen LogP contribution in [0.15, 0.2) is 47.2 Å². The molecule has 0 spiro atoms. The van der Waals surface area contributed by atoms with Crippen LogP contribution in [0.4, 0.5) is 0 Å². The average molecular weight is 256 g/mol. The van der Waals surface area contributed by atoms with Crippen LogP contribution in [0.1, 0.15) is 37.1 Å². The Balaban J connectivity index is 1.72. The van der Waals surface area contributed by atoms with Crippen LogP contribution in [0.25, 0.3) is 0 Å². The van der Waals surface area contributed by atoms with Crippen LogP contribution in [-0.4, -0.2) is 15.9 Å². The van der Waals surface area contributed by atoms with Crippen molar-refractivity contribution in [3.05, 3.63) is 54.2 Å². The van der Waals surface area contributed by atoms with Crippen molar-refractivity contribution in [3.63, 3.8) is 0 Å². The van der Waals surface area contributed by atoms with Gasteiger partial charge in [-0.05, 0) is 37.1 Å². The van der Waals surface area contributed by atoms with Crippen LogP contribution in [0.5, 0.6) is 0 Å². The normalized spacial score (nSPS) is 16.3. The number of nitrogens with zero attached hydrogens (tertiary/aromatic N) is 2. The highest BCUT2D eigenvalue weighted by atomic mass is 16.3. The average Bonchev–Trinajstić information content (AvgIpc) is 3.12. The fraction of sp³-hybridized carbons (Fsp3) is 0.438. The molecule has 0 atom stereocenters. The number of aromatic nitrogens is 1. The van der Waals surface area contributed by atoms with Crippen LogP contribution < -0.4 is 0 Å². The molecule has 0 aliphatic heterocycles. The molecule has 19 heavy (non-hydrogen) atoms. The summed E-state index contributed by atoms with van der Waals surface area (Å²) in [6.45, 7) is 1.79. The van der Waals surface area contributed by atoms with Crippen LogP contribution in [0.2, 0.25) is 0 Å². The fourth-order valence-electron chi connectivity index (χ4n) is 2.89. The molecule has 0 unspecified atom stereocenters. The van der Waals surface area contributed by atoms with Gasteiger partial charge in [0.05, 0.1) is 18.5 Å². The second-order valence-corrected chi connectivity index (χ2v) is 5.24. The maximum absolute atomic E-state index is 5.50. The minimum atomic E-state index is 0.673. The second kappa shape index (κ2) is 6.02. The highest BCUT2D eigenvalue weighted by Gasteiger charge is 2.23. The third kappa shape index (κ3) is 3.24. The molecule has 3 nitrogen and oxygen atoms in total. The topological polar surface area (TPSA) is 29.3 Å². The molecule has 0 bridgehead atoms. The molecule has 100 valence electrons. The SMILES string of the molecule is c1ccc(CN(Cc2ccco2)C2CCCC2)nc1. The number of rotatable bonds is 5. The van der Waals surface area contributed by atoms with Crippen molar-refractivity contribution in [2.45, 2.75) is 44.8 Å². The summed E-state index contributed by atoms with van der Waals surface area (Å²) in [6, 6.07) is 10.8. The first-order chi connectivity index (χ1) is 9.42. The minimum absolute atomic E-state index is 0.673. The fourth-order valence-corrected chi connectivity index (χ4v) is 2.89. The molecule has 3 heteroatoms. The lowest BCUT2D eigenvalue weighted by atomic mass is 10.2. The Morgan fingerprint density at radius 3 is 2.68 bits per heavy atom. The molecule has 2 heterocycles. The van der Waals surface area contributed by atoms with Gasteiger partial charge in [-0.25, -0.2) is 0 Å². The van der Waals surface area contributed by atoms with E-state index >= 15 is 0 Å². The lowest BCUT2D eigenvalue weighted by molar-refractivity contribution is 0.165. The number of hydrogen-bond acceptors (Lipinski definition) is 3. The molecule has 0 saturated heterocycles. The summed E-state index contributed by atoms with van der Waals surface area (Å²) in [5.41, 5.74) is 1.14. The Kier molecular flexibility index (Phi) is 3.94. The molecule has 0 aromatic carbocycles.